The predicted octanol–water partition coefficient (Wildman–Crippen LogP) is 3.82. The molecule has 39 heavy (non-hydrogen) atoms. The van der Waals surface area contributed by atoms with Crippen molar-refractivity contribution in [2.45, 2.75) is 37.8 Å². The summed E-state index contributed by atoms with van der Waals surface area (Å²) in [6, 6.07) is 13.7. The van der Waals surface area contributed by atoms with Crippen LogP contribution < -0.4 is 21.9 Å². The molecule has 0 fully saturated rings. The van der Waals surface area contributed by atoms with E-state index in [1.54, 1.807) is 35.3 Å². The number of hydrogen-bond acceptors (Lipinski definition) is 7. The topological polar surface area (TPSA) is 133 Å². The zero-order chi connectivity index (χ0) is 27.4. The van der Waals surface area contributed by atoms with Crippen molar-refractivity contribution in [3.63, 3.8) is 0 Å². The normalized spacial score (nSPS) is 18.3. The Morgan fingerprint density at radius 2 is 1.92 bits per heavy atom. The third-order valence-electron chi connectivity index (χ3n) is 6.74. The highest BCUT2D eigenvalue weighted by atomic mass is 35.5. The molecule has 0 spiro atoms. The number of halogens is 2. The van der Waals surface area contributed by atoms with E-state index in [1.807, 2.05) is 24.3 Å². The van der Waals surface area contributed by atoms with Gasteiger partial charge in [0.25, 0.3) is 5.56 Å². The molecule has 2 aromatic carbocycles. The first-order chi connectivity index (χ1) is 18.9. The van der Waals surface area contributed by atoms with E-state index in [0.717, 1.165) is 36.9 Å². The van der Waals surface area contributed by atoms with Crippen LogP contribution >= 0.6 is 23.2 Å². The van der Waals surface area contributed by atoms with Gasteiger partial charge in [-0.2, -0.15) is 0 Å². The zero-order valence-electron chi connectivity index (χ0n) is 21.1. The summed E-state index contributed by atoms with van der Waals surface area (Å²) < 4.78 is 3.17. The molecule has 0 unspecified atom stereocenters. The molecule has 1 aliphatic heterocycles. The van der Waals surface area contributed by atoms with Gasteiger partial charge >= 0.3 is 0 Å². The fourth-order valence-electron chi connectivity index (χ4n) is 4.77. The minimum absolute atomic E-state index is 0.122. The average molecular weight is 567 g/mol. The highest BCUT2D eigenvalue weighted by Crippen LogP contribution is 2.30. The SMILES string of the molecule is NC[C@H]1Nc2cccc(c2)[C@@H](n2cnc(-c3cc(Cl)ccc3-n3cc(Cl)nn3)cc2=O)CCCCCNC1=O. The monoisotopic (exact) mass is 566 g/mol. The number of aromatic nitrogens is 5. The third-order valence-corrected chi connectivity index (χ3v) is 7.14. The van der Waals surface area contributed by atoms with E-state index in [9.17, 15) is 9.59 Å². The van der Waals surface area contributed by atoms with Crippen LogP contribution in [0.5, 0.6) is 0 Å². The van der Waals surface area contributed by atoms with E-state index >= 15 is 0 Å². The van der Waals surface area contributed by atoms with Crippen molar-refractivity contribution >= 4 is 34.8 Å². The number of fused-ring (bicyclic) bond motifs is 2. The number of nitrogens with one attached hydrogen (secondary N) is 2. The van der Waals surface area contributed by atoms with Crippen molar-refractivity contribution in [2.75, 3.05) is 18.4 Å². The molecule has 12 heteroatoms. The smallest absolute Gasteiger partial charge is 0.254 e. The van der Waals surface area contributed by atoms with Gasteiger partial charge in [-0.15, -0.1) is 5.10 Å². The standard InChI is InChI=1S/C27H28Cl2N8O2/c28-18-8-9-24(37-15-25(29)34-35-37)20(12-18)21-13-26(38)36(16-32-21)23-7-2-1-3-10-31-27(39)22(14-30)33-19-6-4-5-17(23)11-19/h4-6,8-9,11-13,15-16,22-23,33H,1-3,7,10,14,30H2,(H,31,39)/t22-,23+/m1/s1. The van der Waals surface area contributed by atoms with Crippen molar-refractivity contribution in [2.24, 2.45) is 5.73 Å². The van der Waals surface area contributed by atoms with Crippen LogP contribution in [-0.2, 0) is 4.79 Å². The lowest BCUT2D eigenvalue weighted by atomic mass is 9.99. The highest BCUT2D eigenvalue weighted by molar-refractivity contribution is 6.31. The summed E-state index contributed by atoms with van der Waals surface area (Å²) in [5.41, 5.74) is 9.08. The summed E-state index contributed by atoms with van der Waals surface area (Å²) in [4.78, 5) is 30.8. The number of carbonyl (C=O) groups excluding carboxylic acids is 1. The molecule has 0 aliphatic carbocycles. The van der Waals surface area contributed by atoms with Crippen molar-refractivity contribution < 1.29 is 4.79 Å². The zero-order valence-corrected chi connectivity index (χ0v) is 22.6. The first-order valence-electron chi connectivity index (χ1n) is 12.7. The Morgan fingerprint density at radius 3 is 2.69 bits per heavy atom. The maximum absolute atomic E-state index is 13.6. The number of anilines is 1. The van der Waals surface area contributed by atoms with Crippen molar-refractivity contribution in [1.29, 1.82) is 0 Å². The summed E-state index contributed by atoms with van der Waals surface area (Å²) in [7, 11) is 0. The molecule has 0 saturated heterocycles. The molecule has 10 nitrogen and oxygen atoms in total. The summed E-state index contributed by atoms with van der Waals surface area (Å²) >= 11 is 12.3. The molecule has 202 valence electrons. The van der Waals surface area contributed by atoms with Gasteiger partial charge in [0.1, 0.15) is 6.04 Å². The molecule has 1 aliphatic rings. The lowest BCUT2D eigenvalue weighted by molar-refractivity contribution is -0.121. The Kier molecular flexibility index (Phi) is 8.25. The van der Waals surface area contributed by atoms with Gasteiger partial charge in [-0.3, -0.25) is 14.2 Å². The van der Waals surface area contributed by atoms with Gasteiger partial charge < -0.3 is 16.4 Å². The molecule has 0 radical (unpaired) electrons. The van der Waals surface area contributed by atoms with Crippen molar-refractivity contribution in [1.82, 2.24) is 29.9 Å². The first-order valence-corrected chi connectivity index (χ1v) is 13.5. The summed E-state index contributed by atoms with van der Waals surface area (Å²) in [5.74, 6) is -0.122. The Labute approximate surface area is 235 Å². The van der Waals surface area contributed by atoms with E-state index in [-0.39, 0.29) is 29.2 Å². The highest BCUT2D eigenvalue weighted by Gasteiger charge is 2.21. The Hall–Kier alpha value is -3.73. The second kappa shape index (κ2) is 12.0. The van der Waals surface area contributed by atoms with Crippen LogP contribution in [0.2, 0.25) is 10.2 Å². The summed E-state index contributed by atoms with van der Waals surface area (Å²) in [5, 5.41) is 14.8. The van der Waals surface area contributed by atoms with Gasteiger partial charge in [0.2, 0.25) is 5.91 Å². The quantitative estimate of drug-likeness (QED) is 0.342. The van der Waals surface area contributed by atoms with Gasteiger partial charge in [-0.05, 0) is 48.7 Å². The van der Waals surface area contributed by atoms with E-state index in [0.29, 0.717) is 28.5 Å². The molecule has 0 saturated carbocycles. The minimum atomic E-state index is -0.546. The predicted molar refractivity (Wildman–Crippen MR) is 151 cm³/mol. The molecule has 3 heterocycles. The number of hydrogen-bond donors (Lipinski definition) is 3. The number of rotatable bonds is 4. The average Bonchev–Trinajstić information content (AvgIpc) is 3.37. The molecule has 2 bridgehead atoms. The van der Waals surface area contributed by atoms with Crippen LogP contribution in [0.1, 0.15) is 37.3 Å². The van der Waals surface area contributed by atoms with Gasteiger partial charge in [-0.1, -0.05) is 53.4 Å². The number of carbonyl (C=O) groups is 1. The van der Waals surface area contributed by atoms with Crippen LogP contribution in [0, 0.1) is 0 Å². The number of nitrogens with zero attached hydrogens (tertiary/aromatic N) is 5. The van der Waals surface area contributed by atoms with Crippen LogP contribution in [0.4, 0.5) is 5.69 Å². The molecule has 2 aromatic heterocycles. The maximum Gasteiger partial charge on any atom is 0.254 e. The van der Waals surface area contributed by atoms with Crippen LogP contribution in [0.15, 0.2) is 65.8 Å². The Bertz CT molecular complexity index is 1540. The lowest BCUT2D eigenvalue weighted by Crippen LogP contribution is -2.44. The van der Waals surface area contributed by atoms with Crippen LogP contribution in [-0.4, -0.2) is 49.6 Å². The second-order valence-corrected chi connectivity index (χ2v) is 10.2. The van der Waals surface area contributed by atoms with E-state index < -0.39 is 6.04 Å². The van der Waals surface area contributed by atoms with Crippen LogP contribution in [0.3, 0.4) is 0 Å². The van der Waals surface area contributed by atoms with Crippen molar-refractivity contribution in [3.05, 3.63) is 87.1 Å². The van der Waals surface area contributed by atoms with Gasteiger partial charge in [0.05, 0.1) is 29.9 Å². The number of benzene rings is 2. The molecule has 2 atom stereocenters. The van der Waals surface area contributed by atoms with Crippen LogP contribution in [0.25, 0.3) is 16.9 Å². The third kappa shape index (κ3) is 6.13. The van der Waals surface area contributed by atoms with E-state index in [2.05, 4.69) is 25.9 Å². The molecule has 5 rings (SSSR count). The maximum atomic E-state index is 13.6. The Balaban J connectivity index is 1.52. The minimum Gasteiger partial charge on any atom is -0.373 e. The number of amides is 1. The Morgan fingerprint density at radius 1 is 1.05 bits per heavy atom. The fraction of sp³-hybridized carbons (Fsp3) is 0.296. The van der Waals surface area contributed by atoms with Crippen molar-refractivity contribution in [3.8, 4) is 16.9 Å². The summed E-state index contributed by atoms with van der Waals surface area (Å²) in [6.45, 7) is 0.741. The first kappa shape index (κ1) is 26.9. The molecular weight excluding hydrogens is 539 g/mol. The second-order valence-electron chi connectivity index (χ2n) is 9.38. The van der Waals surface area contributed by atoms with Gasteiger partial charge in [0.15, 0.2) is 5.15 Å². The molecule has 4 N–H and O–H groups in total. The lowest BCUT2D eigenvalue weighted by Gasteiger charge is -2.22. The largest absolute Gasteiger partial charge is 0.373 e. The molecule has 4 aromatic rings. The molecular formula is C27H28Cl2N8O2. The number of nitrogens with two attached hydrogens (primary N) is 1. The fourth-order valence-corrected chi connectivity index (χ4v) is 5.07. The van der Waals surface area contributed by atoms with Gasteiger partial charge in [-0.25, -0.2) is 9.67 Å². The van der Waals surface area contributed by atoms with E-state index in [1.165, 1.54) is 10.7 Å². The molecule has 1 amide bonds. The van der Waals surface area contributed by atoms with Gasteiger partial charge in [0, 0.05) is 35.4 Å². The summed E-state index contributed by atoms with van der Waals surface area (Å²) in [6.07, 6.45) is 6.50. The van der Waals surface area contributed by atoms with E-state index in [4.69, 9.17) is 28.9 Å².